The molecule has 0 radical (unpaired) electrons. The number of sulfone groups is 1. The fraction of sp³-hybridized carbons (Fsp3) is 1.00. The molecule has 2 atom stereocenters. The molecule has 0 bridgehead atoms. The molecular formula is C10H19NO3S. The fourth-order valence-electron chi connectivity index (χ4n) is 2.53. The molecule has 2 saturated heterocycles. The quantitative estimate of drug-likeness (QED) is 0.718. The first-order valence-corrected chi connectivity index (χ1v) is 7.37. The molecule has 2 unspecified atom stereocenters. The highest BCUT2D eigenvalue weighted by molar-refractivity contribution is 7.91. The van der Waals surface area contributed by atoms with E-state index in [2.05, 4.69) is 5.32 Å². The Balaban J connectivity index is 2.01. The lowest BCUT2D eigenvalue weighted by atomic mass is 9.91. The molecule has 0 spiro atoms. The van der Waals surface area contributed by atoms with Gasteiger partial charge in [0.15, 0.2) is 0 Å². The summed E-state index contributed by atoms with van der Waals surface area (Å²) in [7, 11) is -2.77. The average molecular weight is 233 g/mol. The average Bonchev–Trinajstić information content (AvgIpc) is 2.47. The molecule has 0 aromatic heterocycles. The lowest BCUT2D eigenvalue weighted by Crippen LogP contribution is -2.48. The molecule has 2 aliphatic rings. The Bertz CT molecular complexity index is 327. The first-order valence-electron chi connectivity index (χ1n) is 5.54. The molecule has 88 valence electrons. The highest BCUT2D eigenvalue weighted by Crippen LogP contribution is 2.33. The van der Waals surface area contributed by atoms with E-state index in [-0.39, 0.29) is 11.8 Å². The topological polar surface area (TPSA) is 55.4 Å². The highest BCUT2D eigenvalue weighted by Gasteiger charge is 2.42. The molecule has 15 heavy (non-hydrogen) atoms. The van der Waals surface area contributed by atoms with E-state index in [1.165, 1.54) is 0 Å². The molecular weight excluding hydrogens is 214 g/mol. The second kappa shape index (κ2) is 3.71. The van der Waals surface area contributed by atoms with Crippen LogP contribution < -0.4 is 5.32 Å². The van der Waals surface area contributed by atoms with Crippen LogP contribution in [0.2, 0.25) is 0 Å². The standard InChI is InChI=1S/C10H19NO3S/c1-8-7-11-10(2,14-8)9-3-5-15(12,13)6-4-9/h8-9,11H,3-7H2,1-2H3. The largest absolute Gasteiger partial charge is 0.356 e. The van der Waals surface area contributed by atoms with Crippen LogP contribution in [0.15, 0.2) is 0 Å². The SMILES string of the molecule is CC1CNC(C)(C2CCS(=O)(=O)CC2)O1. The molecule has 0 amide bonds. The van der Waals surface area contributed by atoms with Crippen LogP contribution in [0.5, 0.6) is 0 Å². The molecule has 2 rings (SSSR count). The molecule has 1 N–H and O–H groups in total. The van der Waals surface area contributed by atoms with E-state index in [1.54, 1.807) is 0 Å². The zero-order valence-electron chi connectivity index (χ0n) is 9.32. The van der Waals surface area contributed by atoms with E-state index < -0.39 is 9.84 Å². The van der Waals surface area contributed by atoms with Crippen molar-refractivity contribution >= 4 is 9.84 Å². The van der Waals surface area contributed by atoms with Crippen molar-refractivity contribution < 1.29 is 13.2 Å². The Labute approximate surface area is 91.3 Å². The summed E-state index contributed by atoms with van der Waals surface area (Å²) in [6.45, 7) is 4.94. The van der Waals surface area contributed by atoms with Gasteiger partial charge in [0.1, 0.15) is 15.6 Å². The number of hydrogen-bond donors (Lipinski definition) is 1. The summed E-state index contributed by atoms with van der Waals surface area (Å²) >= 11 is 0. The maximum Gasteiger partial charge on any atom is 0.150 e. The Morgan fingerprint density at radius 3 is 2.40 bits per heavy atom. The highest BCUT2D eigenvalue weighted by atomic mass is 32.2. The Morgan fingerprint density at radius 1 is 1.33 bits per heavy atom. The molecule has 2 fully saturated rings. The number of ether oxygens (including phenoxy) is 1. The molecule has 0 aliphatic carbocycles. The summed E-state index contributed by atoms with van der Waals surface area (Å²) in [5.74, 6) is 0.949. The molecule has 0 aromatic rings. The van der Waals surface area contributed by atoms with Gasteiger partial charge in [0.05, 0.1) is 17.6 Å². The predicted octanol–water partition coefficient (Wildman–Crippen LogP) is 0.536. The maximum absolute atomic E-state index is 11.3. The van der Waals surface area contributed by atoms with Gasteiger partial charge >= 0.3 is 0 Å². The van der Waals surface area contributed by atoms with E-state index in [4.69, 9.17) is 4.74 Å². The van der Waals surface area contributed by atoms with Crippen molar-refractivity contribution in [1.82, 2.24) is 5.32 Å². The minimum Gasteiger partial charge on any atom is -0.356 e. The van der Waals surface area contributed by atoms with Crippen molar-refractivity contribution in [3.8, 4) is 0 Å². The monoisotopic (exact) mass is 233 g/mol. The molecule has 5 heteroatoms. The summed E-state index contributed by atoms with van der Waals surface area (Å²) < 4.78 is 28.5. The van der Waals surface area contributed by atoms with Crippen molar-refractivity contribution in [1.29, 1.82) is 0 Å². The van der Waals surface area contributed by atoms with Crippen LogP contribution in [0.3, 0.4) is 0 Å². The number of hydrogen-bond acceptors (Lipinski definition) is 4. The van der Waals surface area contributed by atoms with E-state index in [0.717, 1.165) is 19.4 Å². The van der Waals surface area contributed by atoms with Crippen LogP contribution in [0.25, 0.3) is 0 Å². The predicted molar refractivity (Wildman–Crippen MR) is 58.3 cm³/mol. The zero-order valence-corrected chi connectivity index (χ0v) is 10.1. The van der Waals surface area contributed by atoms with Crippen LogP contribution in [0.4, 0.5) is 0 Å². The van der Waals surface area contributed by atoms with Crippen molar-refractivity contribution in [3.63, 3.8) is 0 Å². The van der Waals surface area contributed by atoms with Crippen LogP contribution in [-0.4, -0.2) is 38.3 Å². The smallest absolute Gasteiger partial charge is 0.150 e. The minimum atomic E-state index is -2.77. The van der Waals surface area contributed by atoms with E-state index in [9.17, 15) is 8.42 Å². The Kier molecular flexibility index (Phi) is 2.81. The summed E-state index contributed by atoms with van der Waals surface area (Å²) in [6.07, 6.45) is 1.67. The zero-order chi connectivity index (χ0) is 11.1. The molecule has 2 aliphatic heterocycles. The van der Waals surface area contributed by atoms with E-state index in [0.29, 0.717) is 17.4 Å². The van der Waals surface area contributed by atoms with Crippen molar-refractivity contribution in [3.05, 3.63) is 0 Å². The van der Waals surface area contributed by atoms with Gasteiger partial charge in [-0.1, -0.05) is 0 Å². The lowest BCUT2D eigenvalue weighted by molar-refractivity contribution is -0.0742. The van der Waals surface area contributed by atoms with Crippen LogP contribution in [0, 0.1) is 5.92 Å². The van der Waals surface area contributed by atoms with Crippen molar-refractivity contribution in [2.45, 2.75) is 38.5 Å². The van der Waals surface area contributed by atoms with Crippen molar-refractivity contribution in [2.75, 3.05) is 18.1 Å². The normalized spacial score (nSPS) is 41.9. The second-order valence-electron chi connectivity index (χ2n) is 4.84. The minimum absolute atomic E-state index is 0.230. The van der Waals surface area contributed by atoms with Gasteiger partial charge < -0.3 is 4.74 Å². The van der Waals surface area contributed by atoms with Gasteiger partial charge in [-0.05, 0) is 26.7 Å². The third-order valence-electron chi connectivity index (χ3n) is 3.52. The summed E-state index contributed by atoms with van der Waals surface area (Å²) in [5, 5.41) is 3.36. The number of nitrogens with one attached hydrogen (secondary N) is 1. The number of rotatable bonds is 1. The van der Waals surface area contributed by atoms with Crippen LogP contribution >= 0.6 is 0 Å². The summed E-state index contributed by atoms with van der Waals surface area (Å²) in [5.41, 5.74) is -0.310. The Morgan fingerprint density at radius 2 is 1.93 bits per heavy atom. The van der Waals surface area contributed by atoms with Gasteiger partial charge in [-0.15, -0.1) is 0 Å². The maximum atomic E-state index is 11.3. The first-order chi connectivity index (χ1) is 6.91. The second-order valence-corrected chi connectivity index (χ2v) is 7.15. The lowest BCUT2D eigenvalue weighted by Gasteiger charge is -2.36. The summed E-state index contributed by atoms with van der Waals surface area (Å²) in [6, 6.07) is 0. The van der Waals surface area contributed by atoms with Gasteiger partial charge in [0, 0.05) is 12.5 Å². The van der Waals surface area contributed by atoms with Gasteiger partial charge in [0.2, 0.25) is 0 Å². The van der Waals surface area contributed by atoms with Crippen LogP contribution in [-0.2, 0) is 14.6 Å². The molecule has 0 saturated carbocycles. The van der Waals surface area contributed by atoms with Crippen molar-refractivity contribution in [2.24, 2.45) is 5.92 Å². The van der Waals surface area contributed by atoms with Gasteiger partial charge in [-0.3, -0.25) is 5.32 Å². The molecule has 0 aromatic carbocycles. The van der Waals surface area contributed by atoms with Crippen LogP contribution in [0.1, 0.15) is 26.7 Å². The van der Waals surface area contributed by atoms with Gasteiger partial charge in [-0.25, -0.2) is 8.42 Å². The third-order valence-corrected chi connectivity index (χ3v) is 5.24. The first kappa shape index (κ1) is 11.4. The van der Waals surface area contributed by atoms with E-state index in [1.807, 2.05) is 13.8 Å². The van der Waals surface area contributed by atoms with Gasteiger partial charge in [0.25, 0.3) is 0 Å². The summed E-state index contributed by atoms with van der Waals surface area (Å²) in [4.78, 5) is 0. The van der Waals surface area contributed by atoms with Gasteiger partial charge in [-0.2, -0.15) is 0 Å². The molecule has 4 nitrogen and oxygen atoms in total. The Hall–Kier alpha value is -0.130. The fourth-order valence-corrected chi connectivity index (χ4v) is 4.02. The molecule has 2 heterocycles. The third kappa shape index (κ3) is 2.34. The van der Waals surface area contributed by atoms with E-state index >= 15 is 0 Å².